The molecule has 0 saturated heterocycles. The molecular formula is C19H29NS. The van der Waals surface area contributed by atoms with Crippen LogP contribution in [0.3, 0.4) is 0 Å². The second kappa shape index (κ2) is 9.32. The fourth-order valence-corrected chi connectivity index (χ4v) is 4.46. The maximum atomic E-state index is 3.80. The van der Waals surface area contributed by atoms with Crippen LogP contribution in [-0.2, 0) is 6.42 Å². The maximum Gasteiger partial charge on any atom is 0.0289 e. The number of fused-ring (bicyclic) bond motifs is 1. The molecule has 2 atom stereocenters. The summed E-state index contributed by atoms with van der Waals surface area (Å²) in [5.74, 6) is 0. The van der Waals surface area contributed by atoms with E-state index in [1.54, 1.807) is 5.56 Å². The lowest BCUT2D eigenvalue weighted by atomic mass is 9.99. The molecule has 1 heterocycles. The van der Waals surface area contributed by atoms with Gasteiger partial charge in [0.2, 0.25) is 0 Å². The summed E-state index contributed by atoms with van der Waals surface area (Å²) in [6, 6.07) is 9.57. The van der Waals surface area contributed by atoms with Gasteiger partial charge in [-0.2, -0.15) is 0 Å². The predicted molar refractivity (Wildman–Crippen MR) is 95.2 cm³/mol. The normalized spacial score (nSPS) is 18.4. The molecular weight excluding hydrogens is 274 g/mol. The molecule has 0 radical (unpaired) electrons. The molecule has 2 unspecified atom stereocenters. The summed E-state index contributed by atoms with van der Waals surface area (Å²) in [6.07, 6.45) is 10.9. The number of allylic oxidation sites excluding steroid dienone is 1. The number of rotatable bonds is 10. The van der Waals surface area contributed by atoms with E-state index >= 15 is 0 Å². The average molecular weight is 304 g/mol. The lowest BCUT2D eigenvalue weighted by molar-refractivity contribution is 0.444. The van der Waals surface area contributed by atoms with Gasteiger partial charge in [-0.05, 0) is 50.3 Å². The summed E-state index contributed by atoms with van der Waals surface area (Å²) in [5, 5.41) is 4.51. The van der Waals surface area contributed by atoms with Gasteiger partial charge in [0, 0.05) is 16.2 Å². The highest BCUT2D eigenvalue weighted by atomic mass is 32.2. The van der Waals surface area contributed by atoms with Crippen molar-refractivity contribution in [3.8, 4) is 0 Å². The van der Waals surface area contributed by atoms with E-state index in [0.717, 1.165) is 13.0 Å². The molecule has 0 amide bonds. The highest BCUT2D eigenvalue weighted by Crippen LogP contribution is 2.39. The van der Waals surface area contributed by atoms with Gasteiger partial charge >= 0.3 is 0 Å². The molecule has 1 aromatic carbocycles. The number of thioether (sulfide) groups is 1. The summed E-state index contributed by atoms with van der Waals surface area (Å²) >= 11 is 2.08. The Labute approximate surface area is 134 Å². The molecule has 1 aromatic rings. The van der Waals surface area contributed by atoms with Crippen LogP contribution in [0.15, 0.2) is 41.8 Å². The van der Waals surface area contributed by atoms with Gasteiger partial charge in [-0.15, -0.1) is 18.3 Å². The van der Waals surface area contributed by atoms with Crippen molar-refractivity contribution in [2.75, 3.05) is 6.54 Å². The van der Waals surface area contributed by atoms with Gasteiger partial charge < -0.3 is 5.32 Å². The molecule has 0 spiro atoms. The molecule has 2 heteroatoms. The van der Waals surface area contributed by atoms with Crippen molar-refractivity contribution in [1.29, 1.82) is 0 Å². The molecule has 0 aliphatic carbocycles. The van der Waals surface area contributed by atoms with Crippen LogP contribution in [0, 0.1) is 0 Å². The van der Waals surface area contributed by atoms with Gasteiger partial charge in [0.1, 0.15) is 0 Å². The highest BCUT2D eigenvalue weighted by molar-refractivity contribution is 8.00. The molecule has 0 aromatic heterocycles. The van der Waals surface area contributed by atoms with Gasteiger partial charge in [0.25, 0.3) is 0 Å². The maximum absolute atomic E-state index is 3.80. The summed E-state index contributed by atoms with van der Waals surface area (Å²) < 4.78 is 0. The second-order valence-electron chi connectivity index (χ2n) is 5.96. The molecule has 1 aliphatic rings. The molecule has 116 valence electrons. The molecule has 1 aliphatic heterocycles. The SMILES string of the molecule is C=CCCCCCC(NCCC)C1Cc2ccccc2S1. The first kappa shape index (κ1) is 16.6. The molecule has 21 heavy (non-hydrogen) atoms. The molecule has 0 saturated carbocycles. The topological polar surface area (TPSA) is 12.0 Å². The van der Waals surface area contributed by atoms with Gasteiger partial charge in [0.15, 0.2) is 0 Å². The Morgan fingerprint density at radius 2 is 2.19 bits per heavy atom. The number of benzene rings is 1. The van der Waals surface area contributed by atoms with Crippen molar-refractivity contribution in [2.24, 2.45) is 0 Å². The smallest absolute Gasteiger partial charge is 0.0289 e. The van der Waals surface area contributed by atoms with Gasteiger partial charge in [-0.3, -0.25) is 0 Å². The lowest BCUT2D eigenvalue weighted by Gasteiger charge is -2.24. The first-order valence-electron chi connectivity index (χ1n) is 8.44. The Kier molecular flexibility index (Phi) is 7.38. The lowest BCUT2D eigenvalue weighted by Crippen LogP contribution is -2.38. The fourth-order valence-electron chi connectivity index (χ4n) is 3.01. The number of hydrogen-bond donors (Lipinski definition) is 1. The minimum atomic E-state index is 0.658. The minimum Gasteiger partial charge on any atom is -0.313 e. The first-order valence-corrected chi connectivity index (χ1v) is 9.32. The van der Waals surface area contributed by atoms with Crippen molar-refractivity contribution in [1.82, 2.24) is 5.32 Å². The first-order chi connectivity index (χ1) is 10.3. The number of unbranched alkanes of at least 4 members (excludes halogenated alkanes) is 3. The Morgan fingerprint density at radius 3 is 2.95 bits per heavy atom. The van der Waals surface area contributed by atoms with Crippen molar-refractivity contribution in [2.45, 2.75) is 68.1 Å². The molecule has 1 N–H and O–H groups in total. The van der Waals surface area contributed by atoms with E-state index in [0.29, 0.717) is 11.3 Å². The Bertz CT molecular complexity index is 404. The van der Waals surface area contributed by atoms with Crippen molar-refractivity contribution >= 4 is 11.8 Å². The highest BCUT2D eigenvalue weighted by Gasteiger charge is 2.28. The van der Waals surface area contributed by atoms with Crippen LogP contribution >= 0.6 is 11.8 Å². The Hall–Kier alpha value is -0.730. The number of hydrogen-bond acceptors (Lipinski definition) is 2. The zero-order chi connectivity index (χ0) is 14.9. The monoisotopic (exact) mass is 303 g/mol. The molecule has 0 bridgehead atoms. The zero-order valence-electron chi connectivity index (χ0n) is 13.3. The summed E-state index contributed by atoms with van der Waals surface area (Å²) in [5.41, 5.74) is 1.54. The Balaban J connectivity index is 1.83. The van der Waals surface area contributed by atoms with Crippen LogP contribution in [0.5, 0.6) is 0 Å². The minimum absolute atomic E-state index is 0.658. The van der Waals surface area contributed by atoms with Crippen LogP contribution in [0.1, 0.15) is 51.0 Å². The van der Waals surface area contributed by atoms with E-state index in [1.807, 2.05) is 6.08 Å². The number of nitrogens with one attached hydrogen (secondary N) is 1. The quantitative estimate of drug-likeness (QED) is 0.470. The predicted octanol–water partition coefficient (Wildman–Crippen LogP) is 5.21. The standard InChI is InChI=1S/C19H29NS/c1-3-5-6-7-8-12-17(20-14-4-2)19-15-16-11-9-10-13-18(16)21-19/h3,9-11,13,17,19-20H,1,4-8,12,14-15H2,2H3. The molecule has 2 rings (SSSR count). The van der Waals surface area contributed by atoms with Crippen LogP contribution in [0.2, 0.25) is 0 Å². The van der Waals surface area contributed by atoms with Crippen molar-refractivity contribution < 1.29 is 0 Å². The van der Waals surface area contributed by atoms with Crippen LogP contribution in [0.25, 0.3) is 0 Å². The van der Waals surface area contributed by atoms with E-state index in [-0.39, 0.29) is 0 Å². The van der Waals surface area contributed by atoms with Crippen LogP contribution < -0.4 is 5.32 Å². The van der Waals surface area contributed by atoms with Gasteiger partial charge in [-0.1, -0.05) is 44.0 Å². The largest absolute Gasteiger partial charge is 0.313 e. The van der Waals surface area contributed by atoms with Crippen molar-refractivity contribution in [3.63, 3.8) is 0 Å². The summed E-state index contributed by atoms with van der Waals surface area (Å²) in [4.78, 5) is 1.50. The average Bonchev–Trinajstić information content (AvgIpc) is 2.93. The van der Waals surface area contributed by atoms with Gasteiger partial charge in [-0.25, -0.2) is 0 Å². The van der Waals surface area contributed by atoms with Crippen LogP contribution in [-0.4, -0.2) is 17.8 Å². The van der Waals surface area contributed by atoms with E-state index < -0.39 is 0 Å². The van der Waals surface area contributed by atoms with E-state index in [1.165, 1.54) is 43.4 Å². The second-order valence-corrected chi connectivity index (χ2v) is 7.24. The Morgan fingerprint density at radius 1 is 1.33 bits per heavy atom. The molecule has 0 fully saturated rings. The van der Waals surface area contributed by atoms with Gasteiger partial charge in [0.05, 0.1) is 0 Å². The fraction of sp³-hybridized carbons (Fsp3) is 0.579. The third-order valence-corrected chi connectivity index (χ3v) is 5.65. The third-order valence-electron chi connectivity index (χ3n) is 4.20. The van der Waals surface area contributed by atoms with Crippen LogP contribution in [0.4, 0.5) is 0 Å². The zero-order valence-corrected chi connectivity index (χ0v) is 14.1. The third kappa shape index (κ3) is 5.19. The summed E-state index contributed by atoms with van der Waals surface area (Å²) in [7, 11) is 0. The van der Waals surface area contributed by atoms with E-state index in [4.69, 9.17) is 0 Å². The van der Waals surface area contributed by atoms with E-state index in [2.05, 4.69) is 54.8 Å². The van der Waals surface area contributed by atoms with E-state index in [9.17, 15) is 0 Å². The molecule has 1 nitrogen and oxygen atoms in total. The summed E-state index contributed by atoms with van der Waals surface area (Å²) in [6.45, 7) is 7.20. The van der Waals surface area contributed by atoms with Crippen molar-refractivity contribution in [3.05, 3.63) is 42.5 Å².